The van der Waals surface area contributed by atoms with E-state index in [4.69, 9.17) is 0 Å². The van der Waals surface area contributed by atoms with Crippen LogP contribution in [0.5, 0.6) is 5.75 Å². The minimum atomic E-state index is -0.164. The summed E-state index contributed by atoms with van der Waals surface area (Å²) in [6.45, 7) is 2.73. The number of benzene rings is 1. The average molecular weight is 328 g/mol. The van der Waals surface area contributed by atoms with Gasteiger partial charge in [-0.3, -0.25) is 4.79 Å². The van der Waals surface area contributed by atoms with Crippen molar-refractivity contribution < 1.29 is 9.90 Å². The lowest BCUT2D eigenvalue weighted by Gasteiger charge is -2.27. The second kappa shape index (κ2) is 7.04. The Balaban J connectivity index is 1.71. The lowest BCUT2D eigenvalue weighted by atomic mass is 10.0. The molecule has 0 unspecified atom stereocenters. The van der Waals surface area contributed by atoms with Crippen LogP contribution in [-0.2, 0) is 4.79 Å². The lowest BCUT2D eigenvalue weighted by Crippen LogP contribution is -2.36. The van der Waals surface area contributed by atoms with Crippen LogP contribution in [-0.4, -0.2) is 32.7 Å². The van der Waals surface area contributed by atoms with Gasteiger partial charge in [0.2, 0.25) is 5.91 Å². The summed E-state index contributed by atoms with van der Waals surface area (Å²) in [6.07, 6.45) is 3.73. The molecule has 0 radical (unpaired) electrons. The van der Waals surface area contributed by atoms with E-state index in [1.54, 1.807) is 18.3 Å². The van der Waals surface area contributed by atoms with Crippen LogP contribution < -0.4 is 0 Å². The number of hydrogen-bond donors (Lipinski definition) is 1. The van der Waals surface area contributed by atoms with Gasteiger partial charge in [-0.05, 0) is 49.6 Å². The number of aromatic nitrogens is 1. The number of aromatic hydroxyl groups is 1. The third kappa shape index (κ3) is 3.67. The number of nitrogens with zero attached hydrogens (tertiary/aromatic N) is 2. The van der Waals surface area contributed by atoms with E-state index < -0.39 is 0 Å². The molecule has 5 heteroatoms. The number of thioether (sulfide) groups is 1. The van der Waals surface area contributed by atoms with Crippen molar-refractivity contribution in [1.82, 2.24) is 9.88 Å². The predicted molar refractivity (Wildman–Crippen MR) is 91.4 cm³/mol. The van der Waals surface area contributed by atoms with E-state index in [9.17, 15) is 9.90 Å². The topological polar surface area (TPSA) is 53.4 Å². The number of rotatable bonds is 4. The van der Waals surface area contributed by atoms with E-state index >= 15 is 0 Å². The summed E-state index contributed by atoms with van der Waals surface area (Å²) in [5.74, 6) is 0.403. The Morgan fingerprint density at radius 3 is 2.78 bits per heavy atom. The van der Waals surface area contributed by atoms with Gasteiger partial charge in [0.1, 0.15) is 5.75 Å². The molecule has 1 amide bonds. The molecule has 1 aromatic heterocycles. The highest BCUT2D eigenvalue weighted by Crippen LogP contribution is 2.35. The van der Waals surface area contributed by atoms with Gasteiger partial charge in [-0.25, -0.2) is 4.98 Å². The summed E-state index contributed by atoms with van der Waals surface area (Å²) in [5.41, 5.74) is 1.09. The molecule has 0 spiro atoms. The first-order valence-electron chi connectivity index (χ1n) is 7.82. The fourth-order valence-corrected chi connectivity index (χ4v) is 3.83. The van der Waals surface area contributed by atoms with Crippen LogP contribution in [0.1, 0.15) is 31.4 Å². The summed E-state index contributed by atoms with van der Waals surface area (Å²) >= 11 is 1.50. The third-order valence-corrected chi connectivity index (χ3v) is 5.13. The zero-order valence-electron chi connectivity index (χ0n) is 13.1. The van der Waals surface area contributed by atoms with E-state index in [1.165, 1.54) is 11.8 Å². The van der Waals surface area contributed by atoms with Crippen molar-refractivity contribution in [3.63, 3.8) is 0 Å². The number of carbonyl (C=O) groups is 1. The molecule has 1 saturated heterocycles. The van der Waals surface area contributed by atoms with Crippen LogP contribution in [0.3, 0.4) is 0 Å². The Bertz CT molecular complexity index is 660. The molecule has 1 aliphatic rings. The number of phenols is 1. The zero-order chi connectivity index (χ0) is 16.2. The largest absolute Gasteiger partial charge is 0.508 e. The van der Waals surface area contributed by atoms with Crippen LogP contribution in [0.2, 0.25) is 0 Å². The number of likely N-dealkylation sites (tertiary alicyclic amines) is 1. The summed E-state index contributed by atoms with van der Waals surface area (Å²) in [4.78, 5) is 19.1. The van der Waals surface area contributed by atoms with Crippen molar-refractivity contribution in [1.29, 1.82) is 0 Å². The van der Waals surface area contributed by atoms with E-state index in [-0.39, 0.29) is 22.9 Å². The van der Waals surface area contributed by atoms with E-state index in [2.05, 4.69) is 4.98 Å². The first kappa shape index (κ1) is 15.9. The molecule has 1 aliphatic heterocycles. The maximum atomic E-state index is 12.8. The van der Waals surface area contributed by atoms with Crippen molar-refractivity contribution in [3.05, 3.63) is 54.2 Å². The molecule has 1 N–H and O–H groups in total. The normalized spacial score (nSPS) is 18.8. The minimum absolute atomic E-state index is 0.106. The van der Waals surface area contributed by atoms with Crippen LogP contribution >= 0.6 is 11.8 Å². The van der Waals surface area contributed by atoms with Crippen LogP contribution in [0.4, 0.5) is 0 Å². The van der Waals surface area contributed by atoms with Gasteiger partial charge >= 0.3 is 0 Å². The Morgan fingerprint density at radius 1 is 1.30 bits per heavy atom. The Labute approximate surface area is 140 Å². The van der Waals surface area contributed by atoms with Gasteiger partial charge in [0.25, 0.3) is 0 Å². The number of amides is 1. The van der Waals surface area contributed by atoms with Gasteiger partial charge in [0.05, 0.1) is 16.3 Å². The average Bonchev–Trinajstić information content (AvgIpc) is 3.05. The third-order valence-electron chi connectivity index (χ3n) is 4.10. The highest BCUT2D eigenvalue weighted by Gasteiger charge is 2.32. The second-order valence-corrected chi connectivity index (χ2v) is 7.07. The maximum absolute atomic E-state index is 12.8. The Kier molecular flexibility index (Phi) is 4.86. The van der Waals surface area contributed by atoms with Crippen molar-refractivity contribution in [2.45, 2.75) is 36.1 Å². The summed E-state index contributed by atoms with van der Waals surface area (Å²) in [7, 11) is 0. The molecule has 0 aliphatic carbocycles. The molecular formula is C18H20N2O2S. The SMILES string of the molecule is C[C@@H](Sc1ccccn1)C(=O)N1CCC[C@@H]1c1ccc(O)cc1. The minimum Gasteiger partial charge on any atom is -0.508 e. The number of phenolic OH excluding ortho intramolecular Hbond substituents is 1. The first-order chi connectivity index (χ1) is 11.1. The molecular weight excluding hydrogens is 308 g/mol. The van der Waals surface area contributed by atoms with Gasteiger partial charge < -0.3 is 10.0 Å². The van der Waals surface area contributed by atoms with Gasteiger partial charge in [0.15, 0.2) is 0 Å². The number of pyridine rings is 1. The van der Waals surface area contributed by atoms with Gasteiger partial charge in [-0.15, -0.1) is 0 Å². The van der Waals surface area contributed by atoms with Gasteiger partial charge in [-0.2, -0.15) is 0 Å². The van der Waals surface area contributed by atoms with E-state index in [1.807, 2.05) is 42.2 Å². The molecule has 2 aromatic rings. The molecule has 1 aromatic carbocycles. The van der Waals surface area contributed by atoms with E-state index in [0.29, 0.717) is 0 Å². The molecule has 2 atom stereocenters. The summed E-state index contributed by atoms with van der Waals surface area (Å²) in [5, 5.41) is 10.1. The van der Waals surface area contributed by atoms with Gasteiger partial charge in [-0.1, -0.05) is 30.0 Å². The molecule has 0 saturated carbocycles. The first-order valence-corrected chi connectivity index (χ1v) is 8.70. The molecule has 120 valence electrons. The second-order valence-electron chi connectivity index (χ2n) is 5.71. The van der Waals surface area contributed by atoms with Crippen LogP contribution in [0, 0.1) is 0 Å². The summed E-state index contributed by atoms with van der Waals surface area (Å²) in [6, 6.07) is 13.0. The molecule has 3 rings (SSSR count). The smallest absolute Gasteiger partial charge is 0.236 e. The van der Waals surface area contributed by atoms with Crippen molar-refractivity contribution >= 4 is 17.7 Å². The van der Waals surface area contributed by atoms with Crippen molar-refractivity contribution in [2.75, 3.05) is 6.54 Å². The quantitative estimate of drug-likeness (QED) is 0.871. The molecule has 4 nitrogen and oxygen atoms in total. The fraction of sp³-hybridized carbons (Fsp3) is 0.333. The van der Waals surface area contributed by atoms with Crippen LogP contribution in [0.25, 0.3) is 0 Å². The maximum Gasteiger partial charge on any atom is 0.236 e. The lowest BCUT2D eigenvalue weighted by molar-refractivity contribution is -0.131. The molecule has 23 heavy (non-hydrogen) atoms. The summed E-state index contributed by atoms with van der Waals surface area (Å²) < 4.78 is 0. The van der Waals surface area contributed by atoms with Gasteiger partial charge in [0, 0.05) is 12.7 Å². The highest BCUT2D eigenvalue weighted by atomic mass is 32.2. The van der Waals surface area contributed by atoms with Crippen molar-refractivity contribution in [2.24, 2.45) is 0 Å². The fourth-order valence-electron chi connectivity index (χ4n) is 2.96. The molecule has 2 heterocycles. The van der Waals surface area contributed by atoms with Crippen LogP contribution in [0.15, 0.2) is 53.7 Å². The zero-order valence-corrected chi connectivity index (χ0v) is 13.9. The predicted octanol–water partition coefficient (Wildman–Crippen LogP) is 3.63. The standard InChI is InChI=1S/C18H20N2O2S/c1-13(23-17-6-2-3-11-19-17)18(22)20-12-4-5-16(20)14-7-9-15(21)10-8-14/h2-3,6-11,13,16,21H,4-5,12H2,1H3/t13-,16-/m1/s1. The number of carbonyl (C=O) groups excluding carboxylic acids is 1. The van der Waals surface area contributed by atoms with E-state index in [0.717, 1.165) is 30.0 Å². The van der Waals surface area contributed by atoms with Crippen molar-refractivity contribution in [3.8, 4) is 5.75 Å². The molecule has 1 fully saturated rings. The number of hydrogen-bond acceptors (Lipinski definition) is 4. The Morgan fingerprint density at radius 2 is 2.09 bits per heavy atom. The Hall–Kier alpha value is -2.01. The highest BCUT2D eigenvalue weighted by molar-refractivity contribution is 8.00. The molecule has 0 bridgehead atoms. The monoisotopic (exact) mass is 328 g/mol.